The summed E-state index contributed by atoms with van der Waals surface area (Å²) in [5, 5.41) is 2.38. The molecule has 76 valence electrons. The molecule has 0 aliphatic rings. The largest absolute Gasteiger partial charge is 0.294 e. The highest BCUT2D eigenvalue weighted by atomic mass is 16.1. The maximum absolute atomic E-state index is 11.5. The number of fused-ring (bicyclic) bond motifs is 1. The molecule has 2 aromatic carbocycles. The van der Waals surface area contributed by atoms with Gasteiger partial charge in [0.05, 0.1) is 0 Å². The Morgan fingerprint density at radius 3 is 2.47 bits per heavy atom. The Bertz CT molecular complexity index is 538. The zero-order chi connectivity index (χ0) is 11.0. The van der Waals surface area contributed by atoms with Gasteiger partial charge in [-0.05, 0) is 42.7 Å². The monoisotopic (exact) mass is 198 g/mol. The average molecular weight is 198 g/mol. The van der Waals surface area contributed by atoms with Crippen molar-refractivity contribution < 1.29 is 4.79 Å². The fourth-order valence-corrected chi connectivity index (χ4v) is 2.24. The Labute approximate surface area is 89.7 Å². The lowest BCUT2D eigenvalue weighted by Crippen LogP contribution is -2.00. The molecule has 0 N–H and O–H groups in total. The molecule has 15 heavy (non-hydrogen) atoms. The van der Waals surface area contributed by atoms with Gasteiger partial charge >= 0.3 is 0 Å². The minimum Gasteiger partial charge on any atom is -0.294 e. The van der Waals surface area contributed by atoms with E-state index in [0.717, 1.165) is 16.7 Å². The standard InChI is InChI=1S/C14H14O/c1-9-8-12-6-4-5-7-13(12)10(2)14(9)11(3)15/h4-8H,1-3H3. The Morgan fingerprint density at radius 2 is 1.80 bits per heavy atom. The summed E-state index contributed by atoms with van der Waals surface area (Å²) >= 11 is 0. The Kier molecular flexibility index (Phi) is 2.31. The van der Waals surface area contributed by atoms with E-state index in [0.29, 0.717) is 0 Å². The fourth-order valence-electron chi connectivity index (χ4n) is 2.24. The zero-order valence-electron chi connectivity index (χ0n) is 9.29. The first-order valence-electron chi connectivity index (χ1n) is 5.11. The number of hydrogen-bond donors (Lipinski definition) is 0. The van der Waals surface area contributed by atoms with Crippen LogP contribution in [0.25, 0.3) is 10.8 Å². The van der Waals surface area contributed by atoms with Crippen LogP contribution in [0.4, 0.5) is 0 Å². The maximum Gasteiger partial charge on any atom is 0.160 e. The highest BCUT2D eigenvalue weighted by Gasteiger charge is 2.10. The molecule has 0 aliphatic carbocycles. The van der Waals surface area contributed by atoms with Gasteiger partial charge in [-0.15, -0.1) is 0 Å². The van der Waals surface area contributed by atoms with Gasteiger partial charge < -0.3 is 0 Å². The van der Waals surface area contributed by atoms with Gasteiger partial charge in [0.15, 0.2) is 5.78 Å². The number of benzene rings is 2. The molecule has 1 heteroatoms. The summed E-state index contributed by atoms with van der Waals surface area (Å²) in [6.45, 7) is 5.65. The minimum absolute atomic E-state index is 0.149. The highest BCUT2D eigenvalue weighted by molar-refractivity contribution is 6.02. The van der Waals surface area contributed by atoms with E-state index in [9.17, 15) is 4.79 Å². The molecule has 0 heterocycles. The van der Waals surface area contributed by atoms with Crippen LogP contribution in [0.3, 0.4) is 0 Å². The summed E-state index contributed by atoms with van der Waals surface area (Å²) < 4.78 is 0. The molecule has 0 saturated carbocycles. The van der Waals surface area contributed by atoms with Crippen LogP contribution in [-0.4, -0.2) is 5.78 Å². The predicted molar refractivity (Wildman–Crippen MR) is 63.4 cm³/mol. The van der Waals surface area contributed by atoms with Gasteiger partial charge in [0.25, 0.3) is 0 Å². The van der Waals surface area contributed by atoms with Gasteiger partial charge in [0.2, 0.25) is 0 Å². The quantitative estimate of drug-likeness (QED) is 0.639. The van der Waals surface area contributed by atoms with Gasteiger partial charge in [0, 0.05) is 5.56 Å². The second-order valence-electron chi connectivity index (χ2n) is 3.97. The maximum atomic E-state index is 11.5. The molecule has 0 amide bonds. The number of carbonyl (C=O) groups is 1. The van der Waals surface area contributed by atoms with Crippen LogP contribution in [0.2, 0.25) is 0 Å². The van der Waals surface area contributed by atoms with Crippen LogP contribution in [0.5, 0.6) is 0 Å². The summed E-state index contributed by atoms with van der Waals surface area (Å²) in [5.41, 5.74) is 3.03. The van der Waals surface area contributed by atoms with Crippen LogP contribution in [0.15, 0.2) is 30.3 Å². The number of rotatable bonds is 1. The Morgan fingerprint density at radius 1 is 1.13 bits per heavy atom. The molecule has 0 aliphatic heterocycles. The smallest absolute Gasteiger partial charge is 0.160 e. The minimum atomic E-state index is 0.149. The van der Waals surface area contributed by atoms with Gasteiger partial charge in [0.1, 0.15) is 0 Å². The van der Waals surface area contributed by atoms with Gasteiger partial charge in [-0.1, -0.05) is 30.3 Å². The summed E-state index contributed by atoms with van der Waals surface area (Å²) in [4.78, 5) is 11.5. The molecular formula is C14H14O. The van der Waals surface area contributed by atoms with Gasteiger partial charge in [-0.2, -0.15) is 0 Å². The number of hydrogen-bond acceptors (Lipinski definition) is 1. The van der Waals surface area contributed by atoms with Crippen molar-refractivity contribution >= 4 is 16.6 Å². The lowest BCUT2D eigenvalue weighted by Gasteiger charge is -2.10. The third-order valence-electron chi connectivity index (χ3n) is 2.86. The third kappa shape index (κ3) is 1.54. The van der Waals surface area contributed by atoms with E-state index in [4.69, 9.17) is 0 Å². The topological polar surface area (TPSA) is 17.1 Å². The molecule has 0 spiro atoms. The molecule has 0 aromatic heterocycles. The van der Waals surface area contributed by atoms with E-state index >= 15 is 0 Å². The molecule has 0 bridgehead atoms. The van der Waals surface area contributed by atoms with Crippen LogP contribution in [-0.2, 0) is 0 Å². The Balaban J connectivity index is 2.90. The third-order valence-corrected chi connectivity index (χ3v) is 2.86. The zero-order valence-corrected chi connectivity index (χ0v) is 9.29. The van der Waals surface area contributed by atoms with Crippen LogP contribution < -0.4 is 0 Å². The van der Waals surface area contributed by atoms with E-state index in [1.165, 1.54) is 10.8 Å². The SMILES string of the molecule is CC(=O)c1c(C)cc2ccccc2c1C. The van der Waals surface area contributed by atoms with Gasteiger partial charge in [-0.25, -0.2) is 0 Å². The van der Waals surface area contributed by atoms with E-state index < -0.39 is 0 Å². The lowest BCUT2D eigenvalue weighted by molar-refractivity contribution is 0.101. The number of Topliss-reactive ketones (excluding diaryl/α,β-unsaturated/α-hetero) is 1. The van der Waals surface area contributed by atoms with Crippen molar-refractivity contribution in [3.63, 3.8) is 0 Å². The summed E-state index contributed by atoms with van der Waals surface area (Å²) in [7, 11) is 0. The normalized spacial score (nSPS) is 10.6. The average Bonchev–Trinajstić information content (AvgIpc) is 2.17. The van der Waals surface area contributed by atoms with Crippen LogP contribution in [0, 0.1) is 13.8 Å². The van der Waals surface area contributed by atoms with Crippen molar-refractivity contribution in [3.8, 4) is 0 Å². The second kappa shape index (κ2) is 3.50. The fraction of sp³-hybridized carbons (Fsp3) is 0.214. The highest BCUT2D eigenvalue weighted by Crippen LogP contribution is 2.25. The molecule has 0 radical (unpaired) electrons. The van der Waals surface area contributed by atoms with Crippen molar-refractivity contribution in [1.82, 2.24) is 0 Å². The first-order valence-corrected chi connectivity index (χ1v) is 5.11. The molecular weight excluding hydrogens is 184 g/mol. The summed E-state index contributed by atoms with van der Waals surface area (Å²) in [5.74, 6) is 0.149. The van der Waals surface area contributed by atoms with E-state index in [1.807, 2.05) is 26.0 Å². The molecule has 1 nitrogen and oxygen atoms in total. The molecule has 2 aromatic rings. The number of carbonyl (C=O) groups excluding carboxylic acids is 1. The lowest BCUT2D eigenvalue weighted by atomic mass is 9.94. The predicted octanol–water partition coefficient (Wildman–Crippen LogP) is 3.66. The molecule has 0 unspecified atom stereocenters. The van der Waals surface area contributed by atoms with E-state index in [2.05, 4.69) is 18.2 Å². The molecule has 0 fully saturated rings. The summed E-state index contributed by atoms with van der Waals surface area (Å²) in [6, 6.07) is 10.3. The van der Waals surface area contributed by atoms with E-state index in [1.54, 1.807) is 6.92 Å². The first-order chi connectivity index (χ1) is 7.11. The second-order valence-corrected chi connectivity index (χ2v) is 3.97. The molecule has 0 atom stereocenters. The van der Waals surface area contributed by atoms with Crippen molar-refractivity contribution in [2.75, 3.05) is 0 Å². The van der Waals surface area contributed by atoms with Gasteiger partial charge in [-0.3, -0.25) is 4.79 Å². The first kappa shape index (κ1) is 9.91. The molecule has 0 saturated heterocycles. The van der Waals surface area contributed by atoms with Crippen molar-refractivity contribution in [1.29, 1.82) is 0 Å². The van der Waals surface area contributed by atoms with Crippen molar-refractivity contribution in [3.05, 3.63) is 47.0 Å². The summed E-state index contributed by atoms with van der Waals surface area (Å²) in [6.07, 6.45) is 0. The number of aryl methyl sites for hydroxylation is 2. The van der Waals surface area contributed by atoms with Crippen LogP contribution >= 0.6 is 0 Å². The number of ketones is 1. The molecule has 2 rings (SSSR count). The van der Waals surface area contributed by atoms with Crippen molar-refractivity contribution in [2.24, 2.45) is 0 Å². The van der Waals surface area contributed by atoms with Crippen molar-refractivity contribution in [2.45, 2.75) is 20.8 Å². The van der Waals surface area contributed by atoms with E-state index in [-0.39, 0.29) is 5.78 Å². The Hall–Kier alpha value is -1.63. The van der Waals surface area contributed by atoms with Crippen LogP contribution in [0.1, 0.15) is 28.4 Å².